The first-order valence-corrected chi connectivity index (χ1v) is 9.03. The van der Waals surface area contributed by atoms with Crippen molar-refractivity contribution < 1.29 is 19.1 Å². The van der Waals surface area contributed by atoms with Gasteiger partial charge in [0.05, 0.1) is 21.9 Å². The first kappa shape index (κ1) is 17.6. The number of carbonyl (C=O) groups is 1. The van der Waals surface area contributed by atoms with Gasteiger partial charge in [-0.15, -0.1) is 0 Å². The fourth-order valence-electron chi connectivity index (χ4n) is 3.25. The number of halogens is 1. The molecule has 0 amide bonds. The van der Waals surface area contributed by atoms with E-state index in [-0.39, 0.29) is 17.5 Å². The Morgan fingerprint density at radius 3 is 2.74 bits per heavy atom. The average Bonchev–Trinajstić information content (AvgIpc) is 2.58. The van der Waals surface area contributed by atoms with Crippen LogP contribution in [-0.2, 0) is 4.79 Å². The van der Waals surface area contributed by atoms with Gasteiger partial charge in [-0.3, -0.25) is 9.59 Å². The molecule has 1 N–H and O–H groups in total. The molecule has 0 atom stereocenters. The largest absolute Gasteiger partial charge is 0.490 e. The molecular weight excluding hydrogens is 368 g/mol. The highest BCUT2D eigenvalue weighted by atomic mass is 35.5. The topological polar surface area (TPSA) is 76.7 Å². The fourth-order valence-corrected chi connectivity index (χ4v) is 3.46. The zero-order valence-electron chi connectivity index (χ0n) is 14.6. The van der Waals surface area contributed by atoms with Crippen LogP contribution in [0.5, 0.6) is 5.75 Å². The van der Waals surface area contributed by atoms with E-state index in [4.69, 9.17) is 25.9 Å². The highest BCUT2D eigenvalue weighted by Crippen LogP contribution is 2.37. The molecule has 138 valence electrons. The number of aryl methyl sites for hydroxylation is 1. The molecule has 5 nitrogen and oxygen atoms in total. The molecule has 1 aromatic heterocycles. The second kappa shape index (κ2) is 6.74. The number of aliphatic carboxylic acids is 1. The van der Waals surface area contributed by atoms with Crippen molar-refractivity contribution in [3.63, 3.8) is 0 Å². The molecule has 27 heavy (non-hydrogen) atoms. The van der Waals surface area contributed by atoms with Crippen molar-refractivity contribution in [1.29, 1.82) is 0 Å². The van der Waals surface area contributed by atoms with Gasteiger partial charge >= 0.3 is 5.97 Å². The summed E-state index contributed by atoms with van der Waals surface area (Å²) in [5.74, 6) is -0.224. The van der Waals surface area contributed by atoms with Gasteiger partial charge in [-0.1, -0.05) is 23.7 Å². The average molecular weight is 385 g/mol. The van der Waals surface area contributed by atoms with Gasteiger partial charge in [-0.25, -0.2) is 0 Å². The van der Waals surface area contributed by atoms with E-state index in [1.54, 1.807) is 18.2 Å². The number of rotatable bonds is 4. The molecule has 1 aliphatic rings. The van der Waals surface area contributed by atoms with Gasteiger partial charge in [0.25, 0.3) is 0 Å². The molecule has 0 unspecified atom stereocenters. The van der Waals surface area contributed by atoms with Crippen molar-refractivity contribution in [2.75, 3.05) is 0 Å². The molecule has 0 saturated heterocycles. The normalized spacial score (nSPS) is 18.9. The van der Waals surface area contributed by atoms with E-state index in [1.165, 1.54) is 6.07 Å². The minimum absolute atomic E-state index is 0.164. The lowest BCUT2D eigenvalue weighted by atomic mass is 9.82. The summed E-state index contributed by atoms with van der Waals surface area (Å²) >= 11 is 6.20. The summed E-state index contributed by atoms with van der Waals surface area (Å²) in [7, 11) is 0. The van der Waals surface area contributed by atoms with Crippen molar-refractivity contribution >= 4 is 28.5 Å². The van der Waals surface area contributed by atoms with Crippen LogP contribution in [0.2, 0.25) is 5.02 Å². The van der Waals surface area contributed by atoms with Crippen LogP contribution in [0.3, 0.4) is 0 Å². The molecule has 1 heterocycles. The number of hydrogen-bond donors (Lipinski definition) is 1. The quantitative estimate of drug-likeness (QED) is 0.707. The Hall–Kier alpha value is -2.79. The highest BCUT2D eigenvalue weighted by Gasteiger charge is 2.36. The molecule has 0 spiro atoms. The molecule has 2 aromatic carbocycles. The van der Waals surface area contributed by atoms with Gasteiger partial charge in [0.1, 0.15) is 17.6 Å². The standard InChI is InChI=1S/C21H17ClO5/c1-11-5-6-15(18(7-11)26-13-8-12(9-13)21(24)25)19-10-17(23)14-3-2-4-16(22)20(14)27-19/h2-7,10,12-13H,8-9H2,1H3,(H,24,25)/t12-,13-. The third kappa shape index (κ3) is 3.30. The molecule has 6 heteroatoms. The van der Waals surface area contributed by atoms with Crippen LogP contribution in [0.15, 0.2) is 51.7 Å². The number of ether oxygens (including phenoxy) is 1. The zero-order chi connectivity index (χ0) is 19.1. The van der Waals surface area contributed by atoms with Gasteiger partial charge in [0, 0.05) is 6.07 Å². The third-order valence-corrected chi connectivity index (χ3v) is 5.14. The number of hydrogen-bond acceptors (Lipinski definition) is 4. The molecule has 3 aromatic rings. The van der Waals surface area contributed by atoms with Crippen LogP contribution >= 0.6 is 11.6 Å². The third-order valence-electron chi connectivity index (χ3n) is 4.85. The summed E-state index contributed by atoms with van der Waals surface area (Å²) in [5, 5.41) is 9.82. The van der Waals surface area contributed by atoms with E-state index >= 15 is 0 Å². The number of fused-ring (bicyclic) bond motifs is 1. The first-order valence-electron chi connectivity index (χ1n) is 8.65. The predicted molar refractivity (Wildman–Crippen MR) is 102 cm³/mol. The molecule has 1 saturated carbocycles. The van der Waals surface area contributed by atoms with E-state index in [0.717, 1.165) is 5.56 Å². The number of benzene rings is 2. The van der Waals surface area contributed by atoms with Gasteiger partial charge < -0.3 is 14.3 Å². The van der Waals surface area contributed by atoms with Crippen molar-refractivity contribution in [1.82, 2.24) is 0 Å². The minimum Gasteiger partial charge on any atom is -0.490 e. The Morgan fingerprint density at radius 2 is 2.00 bits per heavy atom. The van der Waals surface area contributed by atoms with Crippen LogP contribution in [0, 0.1) is 12.8 Å². The zero-order valence-corrected chi connectivity index (χ0v) is 15.3. The first-order chi connectivity index (χ1) is 12.9. The van der Waals surface area contributed by atoms with Crippen LogP contribution in [-0.4, -0.2) is 17.2 Å². The molecular formula is C21H17ClO5. The maximum Gasteiger partial charge on any atom is 0.306 e. The molecule has 1 aliphatic carbocycles. The van der Waals surface area contributed by atoms with E-state index < -0.39 is 5.97 Å². The smallest absolute Gasteiger partial charge is 0.306 e. The van der Waals surface area contributed by atoms with Crippen LogP contribution in [0.4, 0.5) is 0 Å². The second-order valence-corrected chi connectivity index (χ2v) is 7.24. The van der Waals surface area contributed by atoms with Crippen LogP contribution in [0.25, 0.3) is 22.3 Å². The summed E-state index contributed by atoms with van der Waals surface area (Å²) in [6.45, 7) is 1.94. The second-order valence-electron chi connectivity index (χ2n) is 6.84. The monoisotopic (exact) mass is 384 g/mol. The lowest BCUT2D eigenvalue weighted by molar-refractivity contribution is -0.147. The Morgan fingerprint density at radius 1 is 1.22 bits per heavy atom. The Balaban J connectivity index is 1.74. The maximum absolute atomic E-state index is 12.5. The summed E-state index contributed by atoms with van der Waals surface area (Å²) in [6.07, 6.45) is 0.772. The highest BCUT2D eigenvalue weighted by molar-refractivity contribution is 6.34. The number of carboxylic acid groups (broad SMARTS) is 1. The SMILES string of the molecule is Cc1ccc(-c2cc(=O)c3cccc(Cl)c3o2)c(O[C@H]2C[C@H](C(=O)O)C2)c1. The fraction of sp³-hybridized carbons (Fsp3) is 0.238. The van der Waals surface area contributed by atoms with E-state index in [9.17, 15) is 9.59 Å². The lowest BCUT2D eigenvalue weighted by Gasteiger charge is -2.33. The maximum atomic E-state index is 12.5. The molecule has 0 radical (unpaired) electrons. The Labute approximate surface area is 160 Å². The van der Waals surface area contributed by atoms with E-state index in [1.807, 2.05) is 25.1 Å². The summed E-state index contributed by atoms with van der Waals surface area (Å²) in [5.41, 5.74) is 1.78. The van der Waals surface area contributed by atoms with Crippen LogP contribution in [0.1, 0.15) is 18.4 Å². The summed E-state index contributed by atoms with van der Waals surface area (Å²) in [6, 6.07) is 12.1. The van der Waals surface area contributed by atoms with Crippen molar-refractivity contribution in [3.8, 4) is 17.1 Å². The van der Waals surface area contributed by atoms with Crippen molar-refractivity contribution in [3.05, 3.63) is 63.3 Å². The van der Waals surface area contributed by atoms with Crippen molar-refractivity contribution in [2.45, 2.75) is 25.9 Å². The van der Waals surface area contributed by atoms with Gasteiger partial charge in [-0.2, -0.15) is 0 Å². The summed E-state index contributed by atoms with van der Waals surface area (Å²) < 4.78 is 11.9. The number of para-hydroxylation sites is 1. The molecule has 0 aliphatic heterocycles. The summed E-state index contributed by atoms with van der Waals surface area (Å²) in [4.78, 5) is 23.5. The van der Waals surface area contributed by atoms with E-state index in [0.29, 0.717) is 45.9 Å². The molecule has 1 fully saturated rings. The molecule has 4 rings (SSSR count). The minimum atomic E-state index is -0.797. The van der Waals surface area contributed by atoms with Crippen LogP contribution < -0.4 is 10.2 Å². The number of carboxylic acids is 1. The van der Waals surface area contributed by atoms with Gasteiger partial charge in [0.2, 0.25) is 0 Å². The van der Waals surface area contributed by atoms with E-state index in [2.05, 4.69) is 0 Å². The van der Waals surface area contributed by atoms with Gasteiger partial charge in [0.15, 0.2) is 11.0 Å². The predicted octanol–water partition coefficient (Wildman–Crippen LogP) is 4.66. The Kier molecular flexibility index (Phi) is 4.40. The Bertz CT molecular complexity index is 1100. The molecule has 0 bridgehead atoms. The van der Waals surface area contributed by atoms with Gasteiger partial charge in [-0.05, 0) is 49.6 Å². The van der Waals surface area contributed by atoms with Crippen molar-refractivity contribution in [2.24, 2.45) is 5.92 Å². The lowest BCUT2D eigenvalue weighted by Crippen LogP contribution is -2.38.